The summed E-state index contributed by atoms with van der Waals surface area (Å²) >= 11 is 0. The fourth-order valence-electron chi connectivity index (χ4n) is 2.96. The van der Waals surface area contributed by atoms with Crippen molar-refractivity contribution in [3.8, 4) is 11.8 Å². The molecule has 0 aromatic heterocycles. The van der Waals surface area contributed by atoms with Gasteiger partial charge in [-0.2, -0.15) is 18.4 Å². The zero-order valence-corrected chi connectivity index (χ0v) is 17.8. The summed E-state index contributed by atoms with van der Waals surface area (Å²) in [6.45, 7) is 7.43. The Kier molecular flexibility index (Phi) is 6.67. The molecule has 0 saturated carbocycles. The van der Waals surface area contributed by atoms with Crippen LogP contribution in [-0.4, -0.2) is 13.5 Å². The minimum atomic E-state index is -4.71. The highest BCUT2D eigenvalue weighted by Crippen LogP contribution is 2.36. The Bertz CT molecular complexity index is 1100. The van der Waals surface area contributed by atoms with Crippen molar-refractivity contribution in [2.75, 3.05) is 0 Å². The predicted molar refractivity (Wildman–Crippen MR) is 109 cm³/mol. The van der Waals surface area contributed by atoms with E-state index in [0.717, 1.165) is 24.3 Å². The minimum Gasteiger partial charge on any atom is -0.507 e. The summed E-state index contributed by atoms with van der Waals surface area (Å²) in [6, 6.07) is 8.01. The SMILES string of the molecule is CC(C)c1cc(/C=C(\C#N)S(=O)(=O)c2cccc(C(F)(F)F)c2)cc(C(C)C)c1O. The summed E-state index contributed by atoms with van der Waals surface area (Å²) in [7, 11) is -4.47. The number of alkyl halides is 3. The molecule has 2 rings (SSSR count). The average Bonchev–Trinajstić information content (AvgIpc) is 2.65. The molecule has 0 aliphatic carbocycles. The fraction of sp³-hybridized carbons (Fsp3) is 0.318. The number of sulfone groups is 1. The summed E-state index contributed by atoms with van der Waals surface area (Å²) in [4.78, 5) is -1.30. The molecular weight excluding hydrogens is 415 g/mol. The first-order valence-electron chi connectivity index (χ1n) is 9.20. The zero-order chi connectivity index (χ0) is 22.9. The molecular formula is C22H22F3NO3S. The van der Waals surface area contributed by atoms with Crippen LogP contribution in [0.1, 0.15) is 61.8 Å². The summed E-state index contributed by atoms with van der Waals surface area (Å²) in [6.07, 6.45) is -3.59. The summed E-state index contributed by atoms with van der Waals surface area (Å²) in [5.74, 6) is -0.0284. The second-order valence-corrected chi connectivity index (χ2v) is 9.42. The van der Waals surface area contributed by atoms with Crippen LogP contribution in [0.25, 0.3) is 6.08 Å². The van der Waals surface area contributed by atoms with Gasteiger partial charge in [0.2, 0.25) is 9.84 Å². The second kappa shape index (κ2) is 8.52. The van der Waals surface area contributed by atoms with Gasteiger partial charge >= 0.3 is 6.18 Å². The topological polar surface area (TPSA) is 78.2 Å². The molecule has 4 nitrogen and oxygen atoms in total. The predicted octanol–water partition coefficient (Wildman–Crippen LogP) is 6.00. The number of hydrogen-bond acceptors (Lipinski definition) is 4. The van der Waals surface area contributed by atoms with E-state index in [1.807, 2.05) is 27.7 Å². The van der Waals surface area contributed by atoms with E-state index in [4.69, 9.17) is 0 Å². The van der Waals surface area contributed by atoms with Crippen LogP contribution in [0.5, 0.6) is 5.75 Å². The van der Waals surface area contributed by atoms with E-state index in [1.54, 1.807) is 18.2 Å². The maximum atomic E-state index is 13.0. The molecule has 0 amide bonds. The third kappa shape index (κ3) is 4.85. The first-order chi connectivity index (χ1) is 13.8. The van der Waals surface area contributed by atoms with E-state index >= 15 is 0 Å². The van der Waals surface area contributed by atoms with Crippen LogP contribution in [0.2, 0.25) is 0 Å². The summed E-state index contributed by atoms with van der Waals surface area (Å²) in [5, 5.41) is 19.9. The number of benzene rings is 2. The highest BCUT2D eigenvalue weighted by atomic mass is 32.2. The molecule has 0 heterocycles. The van der Waals surface area contributed by atoms with Gasteiger partial charge in [-0.1, -0.05) is 33.8 Å². The van der Waals surface area contributed by atoms with Crippen molar-refractivity contribution in [1.82, 2.24) is 0 Å². The minimum absolute atomic E-state index is 0.0681. The molecule has 160 valence electrons. The highest BCUT2D eigenvalue weighted by molar-refractivity contribution is 7.95. The number of allylic oxidation sites excluding steroid dienone is 1. The highest BCUT2D eigenvalue weighted by Gasteiger charge is 2.32. The van der Waals surface area contributed by atoms with Crippen molar-refractivity contribution in [2.45, 2.75) is 50.6 Å². The maximum Gasteiger partial charge on any atom is 0.416 e. The van der Waals surface area contributed by atoms with Gasteiger partial charge in [0.15, 0.2) is 0 Å². The molecule has 1 N–H and O–H groups in total. The van der Waals surface area contributed by atoms with Crippen LogP contribution in [0, 0.1) is 11.3 Å². The van der Waals surface area contributed by atoms with Crippen LogP contribution < -0.4 is 0 Å². The van der Waals surface area contributed by atoms with Crippen LogP contribution in [0.4, 0.5) is 13.2 Å². The molecule has 0 atom stereocenters. The third-order valence-corrected chi connectivity index (χ3v) is 6.27. The standard InChI is InChI=1S/C22H22F3NO3S/c1-13(2)19-9-15(10-20(14(3)4)21(19)27)8-18(12-26)30(28,29)17-7-5-6-16(11-17)22(23,24)25/h5-11,13-14,27H,1-4H3/b18-8+. The maximum absolute atomic E-state index is 13.0. The molecule has 0 saturated heterocycles. The molecule has 0 fully saturated rings. The molecule has 0 aliphatic heterocycles. The largest absolute Gasteiger partial charge is 0.507 e. The van der Waals surface area contributed by atoms with E-state index in [-0.39, 0.29) is 17.6 Å². The van der Waals surface area contributed by atoms with Crippen molar-refractivity contribution < 1.29 is 26.7 Å². The molecule has 0 radical (unpaired) electrons. The van der Waals surface area contributed by atoms with Gasteiger partial charge in [0.05, 0.1) is 10.5 Å². The number of nitrogens with zero attached hydrogens (tertiary/aromatic N) is 1. The van der Waals surface area contributed by atoms with E-state index in [9.17, 15) is 32.0 Å². The van der Waals surface area contributed by atoms with Crippen molar-refractivity contribution in [3.05, 3.63) is 63.6 Å². The van der Waals surface area contributed by atoms with Gasteiger partial charge in [-0.15, -0.1) is 0 Å². The average molecular weight is 437 g/mol. The fourth-order valence-corrected chi connectivity index (χ4v) is 4.16. The van der Waals surface area contributed by atoms with Crippen LogP contribution >= 0.6 is 0 Å². The van der Waals surface area contributed by atoms with Gasteiger partial charge in [0, 0.05) is 0 Å². The number of rotatable bonds is 5. The quantitative estimate of drug-likeness (QED) is 0.582. The molecule has 0 spiro atoms. The number of nitriles is 1. The van der Waals surface area contributed by atoms with Crippen molar-refractivity contribution in [2.24, 2.45) is 0 Å². The lowest BCUT2D eigenvalue weighted by Gasteiger charge is -2.16. The van der Waals surface area contributed by atoms with Gasteiger partial charge in [0.1, 0.15) is 16.7 Å². The molecule has 30 heavy (non-hydrogen) atoms. The first-order valence-corrected chi connectivity index (χ1v) is 10.7. The Morgan fingerprint density at radius 1 is 1.07 bits per heavy atom. The van der Waals surface area contributed by atoms with E-state index < -0.39 is 31.4 Å². The Balaban J connectivity index is 2.66. The third-order valence-electron chi connectivity index (χ3n) is 4.60. The molecule has 0 unspecified atom stereocenters. The van der Waals surface area contributed by atoms with Gasteiger partial charge in [0.25, 0.3) is 0 Å². The lowest BCUT2D eigenvalue weighted by molar-refractivity contribution is -0.137. The summed E-state index contributed by atoms with van der Waals surface area (Å²) in [5.41, 5.74) is 0.421. The first kappa shape index (κ1) is 23.5. The number of phenolic OH excluding ortho intramolecular Hbond substituents is 1. The molecule has 2 aromatic rings. The van der Waals surface area contributed by atoms with Crippen molar-refractivity contribution in [3.63, 3.8) is 0 Å². The van der Waals surface area contributed by atoms with Gasteiger partial charge in [-0.25, -0.2) is 8.42 Å². The normalized spacial score (nSPS) is 13.0. The number of phenols is 1. The Hall–Kier alpha value is -2.79. The van der Waals surface area contributed by atoms with Crippen LogP contribution in [-0.2, 0) is 16.0 Å². The Labute approximate surface area is 174 Å². The number of halogens is 3. The Morgan fingerprint density at radius 2 is 1.60 bits per heavy atom. The number of aromatic hydroxyl groups is 1. The monoisotopic (exact) mass is 437 g/mol. The summed E-state index contributed by atoms with van der Waals surface area (Å²) < 4.78 is 64.6. The van der Waals surface area contributed by atoms with E-state index in [1.165, 1.54) is 0 Å². The van der Waals surface area contributed by atoms with Crippen LogP contribution in [0.3, 0.4) is 0 Å². The van der Waals surface area contributed by atoms with Crippen LogP contribution in [0.15, 0.2) is 46.2 Å². The molecule has 8 heteroatoms. The Morgan fingerprint density at radius 3 is 2.03 bits per heavy atom. The van der Waals surface area contributed by atoms with E-state index in [2.05, 4.69) is 0 Å². The second-order valence-electron chi connectivity index (χ2n) is 7.51. The molecule has 2 aromatic carbocycles. The molecule has 0 aliphatic rings. The lowest BCUT2D eigenvalue weighted by atomic mass is 9.91. The van der Waals surface area contributed by atoms with Crippen molar-refractivity contribution >= 4 is 15.9 Å². The van der Waals surface area contributed by atoms with Gasteiger partial charge in [-0.3, -0.25) is 0 Å². The number of hydrogen-bond donors (Lipinski definition) is 1. The smallest absolute Gasteiger partial charge is 0.416 e. The van der Waals surface area contributed by atoms with E-state index in [0.29, 0.717) is 22.8 Å². The van der Waals surface area contributed by atoms with Gasteiger partial charge in [-0.05, 0) is 64.9 Å². The van der Waals surface area contributed by atoms with Gasteiger partial charge < -0.3 is 5.11 Å². The lowest BCUT2D eigenvalue weighted by Crippen LogP contribution is -2.09. The zero-order valence-electron chi connectivity index (χ0n) is 16.9. The van der Waals surface area contributed by atoms with Crippen molar-refractivity contribution in [1.29, 1.82) is 5.26 Å². The molecule has 0 bridgehead atoms.